The van der Waals surface area contributed by atoms with Gasteiger partial charge >= 0.3 is 6.01 Å². The molecule has 0 unspecified atom stereocenters. The molecule has 3 atom stereocenters. The molecule has 0 radical (unpaired) electrons. The van der Waals surface area contributed by atoms with Crippen molar-refractivity contribution in [3.8, 4) is 41.3 Å². The van der Waals surface area contributed by atoms with Crippen molar-refractivity contribution in [3.05, 3.63) is 53.3 Å². The Morgan fingerprint density at radius 2 is 1.98 bits per heavy atom. The van der Waals surface area contributed by atoms with Crippen LogP contribution in [0.2, 0.25) is 0 Å². The van der Waals surface area contributed by atoms with Crippen LogP contribution in [0, 0.1) is 41.1 Å². The number of terminal acetylenes is 1. The molecular formula is C34H30F4N6O2. The van der Waals surface area contributed by atoms with Gasteiger partial charge in [0, 0.05) is 55.0 Å². The molecule has 2 N–H and O–H groups in total. The molecule has 46 heavy (non-hydrogen) atoms. The lowest BCUT2D eigenvalue weighted by Crippen LogP contribution is -2.51. The highest BCUT2D eigenvalue weighted by atomic mass is 19.1. The third-order valence-corrected chi connectivity index (χ3v) is 9.43. The second kappa shape index (κ2) is 11.6. The number of alkyl halides is 1. The van der Waals surface area contributed by atoms with E-state index >= 15 is 8.78 Å². The van der Waals surface area contributed by atoms with Crippen LogP contribution in [-0.4, -0.2) is 77.1 Å². The summed E-state index contributed by atoms with van der Waals surface area (Å²) < 4.78 is 68.4. The second-order valence-electron chi connectivity index (χ2n) is 12.3. The summed E-state index contributed by atoms with van der Waals surface area (Å²) in [6, 6.07) is 7.87. The van der Waals surface area contributed by atoms with E-state index in [1.54, 1.807) is 0 Å². The van der Waals surface area contributed by atoms with E-state index in [4.69, 9.17) is 11.2 Å². The third-order valence-electron chi connectivity index (χ3n) is 9.43. The molecule has 12 heteroatoms. The van der Waals surface area contributed by atoms with Gasteiger partial charge in [-0.3, -0.25) is 4.90 Å². The van der Waals surface area contributed by atoms with Crippen LogP contribution in [0.15, 0.2) is 30.3 Å². The zero-order chi connectivity index (χ0) is 32.2. The number of benzene rings is 3. The van der Waals surface area contributed by atoms with Gasteiger partial charge in [-0.1, -0.05) is 12.0 Å². The first-order valence-corrected chi connectivity index (χ1v) is 15.2. The highest BCUT2D eigenvalue weighted by molar-refractivity contribution is 6.04. The third kappa shape index (κ3) is 5.02. The lowest BCUT2D eigenvalue weighted by atomic mass is 9.92. The van der Waals surface area contributed by atoms with Crippen LogP contribution in [0.4, 0.5) is 23.4 Å². The number of ether oxygens (including phenoxy) is 1. The van der Waals surface area contributed by atoms with Crippen molar-refractivity contribution in [1.82, 2.24) is 20.2 Å². The minimum Gasteiger partial charge on any atom is -0.508 e. The molecule has 3 aromatic carbocycles. The summed E-state index contributed by atoms with van der Waals surface area (Å²) in [6.07, 6.45) is 6.81. The van der Waals surface area contributed by atoms with Gasteiger partial charge in [0.25, 0.3) is 0 Å². The fraction of sp³-hybridized carbons (Fsp3) is 0.382. The Morgan fingerprint density at radius 3 is 2.78 bits per heavy atom. The maximum atomic E-state index is 16.8. The summed E-state index contributed by atoms with van der Waals surface area (Å²) in [5.41, 5.74) is -1.67. The number of hydrogen-bond donors (Lipinski definition) is 2. The minimum atomic E-state index is -1.07. The molecular weight excluding hydrogens is 600 g/mol. The van der Waals surface area contributed by atoms with Crippen LogP contribution >= 0.6 is 0 Å². The smallest absolute Gasteiger partial charge is 0.319 e. The number of halogens is 4. The number of phenolic OH excluding ortho intramolecular Hbond substituents is 1. The largest absolute Gasteiger partial charge is 0.508 e. The van der Waals surface area contributed by atoms with Gasteiger partial charge < -0.3 is 20.1 Å². The molecule has 3 saturated heterocycles. The minimum absolute atomic E-state index is 0.0621. The molecule has 1 aromatic heterocycles. The van der Waals surface area contributed by atoms with Crippen molar-refractivity contribution in [2.75, 3.05) is 44.2 Å². The summed E-state index contributed by atoms with van der Waals surface area (Å²) in [5, 5.41) is 23.5. The van der Waals surface area contributed by atoms with E-state index < -0.39 is 34.7 Å². The molecule has 7 rings (SSSR count). The average Bonchev–Trinajstić information content (AvgIpc) is 3.56. The van der Waals surface area contributed by atoms with Crippen LogP contribution in [0.5, 0.6) is 11.8 Å². The van der Waals surface area contributed by atoms with Gasteiger partial charge in [0.15, 0.2) is 5.82 Å². The molecule has 3 aliphatic rings. The fourth-order valence-corrected chi connectivity index (χ4v) is 7.39. The highest BCUT2D eigenvalue weighted by Gasteiger charge is 2.49. The SMILES string of the molecule is C#Cc1c(F)ccc2cc(O)cc(-c3c(F)cc4c(N5CCN[C@@H](CC#N)C5)nc(OC[C@@]56CCCN5C[C@H](F)C6)nc4c3F)c12. The van der Waals surface area contributed by atoms with Crippen molar-refractivity contribution in [2.45, 2.75) is 43.4 Å². The van der Waals surface area contributed by atoms with Gasteiger partial charge in [0.2, 0.25) is 0 Å². The number of nitriles is 1. The van der Waals surface area contributed by atoms with Gasteiger partial charge in [-0.15, -0.1) is 6.42 Å². The maximum Gasteiger partial charge on any atom is 0.319 e. The molecule has 236 valence electrons. The molecule has 4 aromatic rings. The van der Waals surface area contributed by atoms with E-state index in [2.05, 4.69) is 32.2 Å². The first-order valence-electron chi connectivity index (χ1n) is 15.2. The van der Waals surface area contributed by atoms with Crippen molar-refractivity contribution in [1.29, 1.82) is 5.26 Å². The van der Waals surface area contributed by atoms with Crippen molar-refractivity contribution in [3.63, 3.8) is 0 Å². The number of aromatic hydroxyl groups is 1. The Labute approximate surface area is 262 Å². The van der Waals surface area contributed by atoms with E-state index in [0.717, 1.165) is 37.6 Å². The van der Waals surface area contributed by atoms with E-state index in [-0.39, 0.29) is 64.1 Å². The lowest BCUT2D eigenvalue weighted by Gasteiger charge is -2.34. The average molecular weight is 631 g/mol. The summed E-state index contributed by atoms with van der Waals surface area (Å²) in [4.78, 5) is 12.9. The second-order valence-corrected chi connectivity index (χ2v) is 12.3. The van der Waals surface area contributed by atoms with Gasteiger partial charge in [-0.05, 0) is 49.0 Å². The van der Waals surface area contributed by atoms with Crippen LogP contribution < -0.4 is 15.0 Å². The predicted molar refractivity (Wildman–Crippen MR) is 165 cm³/mol. The number of nitrogens with zero attached hydrogens (tertiary/aromatic N) is 5. The van der Waals surface area contributed by atoms with Gasteiger partial charge in [0.05, 0.1) is 29.2 Å². The fourth-order valence-electron chi connectivity index (χ4n) is 7.39. The van der Waals surface area contributed by atoms with Gasteiger partial charge in [-0.25, -0.2) is 17.6 Å². The van der Waals surface area contributed by atoms with E-state index in [9.17, 15) is 19.1 Å². The van der Waals surface area contributed by atoms with Crippen LogP contribution in [0.3, 0.4) is 0 Å². The van der Waals surface area contributed by atoms with Crippen molar-refractivity contribution < 1.29 is 27.4 Å². The number of rotatable bonds is 6. The quantitative estimate of drug-likeness (QED) is 0.222. The van der Waals surface area contributed by atoms with E-state index in [1.165, 1.54) is 12.1 Å². The lowest BCUT2D eigenvalue weighted by molar-refractivity contribution is 0.107. The molecule has 0 bridgehead atoms. The standard InChI is InChI=1S/C34H30F4N6O2/c1-2-23-26(36)5-4-19-12-22(45)13-24(28(19)23)29-27(37)14-25-31(30(29)38)41-33(42-32(25)43-11-9-40-21(17-43)6-8-39)46-18-34-7-3-10-44(34)16-20(35)15-34/h1,4-5,12-14,20-21,40,45H,3,6-7,9-11,15-18H2/t20-,21+,34+/m1/s1. The molecule has 0 spiro atoms. The van der Waals surface area contributed by atoms with Crippen LogP contribution in [0.1, 0.15) is 31.2 Å². The molecule has 8 nitrogen and oxygen atoms in total. The first kappa shape index (κ1) is 30.0. The predicted octanol–water partition coefficient (Wildman–Crippen LogP) is 5.20. The first-order chi connectivity index (χ1) is 22.2. The molecule has 4 heterocycles. The Morgan fingerprint density at radius 1 is 1.13 bits per heavy atom. The Balaban J connectivity index is 1.40. The number of piperazine rings is 1. The summed E-state index contributed by atoms with van der Waals surface area (Å²) in [6.45, 7) is 2.44. The Kier molecular flexibility index (Phi) is 7.58. The molecule has 0 saturated carbocycles. The van der Waals surface area contributed by atoms with E-state index in [0.29, 0.717) is 38.0 Å². The number of anilines is 1. The Hall–Kier alpha value is -4.65. The van der Waals surface area contributed by atoms with Crippen molar-refractivity contribution >= 4 is 27.5 Å². The summed E-state index contributed by atoms with van der Waals surface area (Å²) >= 11 is 0. The molecule has 3 aliphatic heterocycles. The Bertz CT molecular complexity index is 1960. The zero-order valence-corrected chi connectivity index (χ0v) is 24.8. The molecule has 0 aliphatic carbocycles. The number of phenols is 1. The number of nitrogens with one attached hydrogen (secondary N) is 1. The van der Waals surface area contributed by atoms with Gasteiger partial charge in [0.1, 0.15) is 41.5 Å². The number of hydrogen-bond acceptors (Lipinski definition) is 8. The highest BCUT2D eigenvalue weighted by Crippen LogP contribution is 2.43. The summed E-state index contributed by atoms with van der Waals surface area (Å²) in [5.74, 6) is -0.621. The maximum absolute atomic E-state index is 16.8. The molecule has 3 fully saturated rings. The van der Waals surface area contributed by atoms with Crippen molar-refractivity contribution in [2.24, 2.45) is 0 Å². The van der Waals surface area contributed by atoms with Crippen LogP contribution in [0.25, 0.3) is 32.8 Å². The van der Waals surface area contributed by atoms with Crippen LogP contribution in [-0.2, 0) is 0 Å². The number of fused-ring (bicyclic) bond motifs is 3. The van der Waals surface area contributed by atoms with Gasteiger partial charge in [-0.2, -0.15) is 15.2 Å². The number of aromatic nitrogens is 2. The summed E-state index contributed by atoms with van der Waals surface area (Å²) in [7, 11) is 0. The zero-order valence-electron chi connectivity index (χ0n) is 24.8. The monoisotopic (exact) mass is 630 g/mol. The topological polar surface area (TPSA) is 97.5 Å². The normalized spacial score (nSPS) is 23.0. The van der Waals surface area contributed by atoms with E-state index in [1.807, 2.05) is 4.90 Å². The molecule has 0 amide bonds.